The maximum atomic E-state index is 8.78. The van der Waals surface area contributed by atoms with Crippen molar-refractivity contribution in [2.75, 3.05) is 6.61 Å². The van der Waals surface area contributed by atoms with E-state index in [2.05, 4.69) is 58.9 Å². The molecule has 0 aliphatic carbocycles. The highest BCUT2D eigenvalue weighted by Crippen LogP contribution is 2.13. The van der Waals surface area contributed by atoms with Crippen molar-refractivity contribution in [1.29, 1.82) is 0 Å². The number of unbranched alkanes of at least 4 members (excludes halogenated alkanes) is 1. The zero-order chi connectivity index (χ0) is 17.5. The zero-order valence-electron chi connectivity index (χ0n) is 16.1. The first-order valence-electron chi connectivity index (χ1n) is 9.16. The van der Waals surface area contributed by atoms with Gasteiger partial charge in [-0.25, -0.2) is 0 Å². The monoisotopic (exact) mass is 318 g/mol. The Bertz CT molecular complexity index is 417. The lowest BCUT2D eigenvalue weighted by Gasteiger charge is -2.02. The molecule has 132 valence electrons. The Morgan fingerprint density at radius 3 is 1.39 bits per heavy atom. The van der Waals surface area contributed by atoms with Crippen LogP contribution in [0.3, 0.4) is 0 Å². The van der Waals surface area contributed by atoms with Crippen molar-refractivity contribution >= 4 is 0 Å². The van der Waals surface area contributed by atoms with Gasteiger partial charge in [0.1, 0.15) is 0 Å². The Kier molecular flexibility index (Phi) is 13.8. The van der Waals surface area contributed by atoms with Gasteiger partial charge in [-0.2, -0.15) is 0 Å². The number of hydrogen-bond acceptors (Lipinski definition) is 1. The molecule has 0 fully saturated rings. The van der Waals surface area contributed by atoms with Crippen LogP contribution in [0.4, 0.5) is 0 Å². The Labute approximate surface area is 144 Å². The maximum absolute atomic E-state index is 8.78. The summed E-state index contributed by atoms with van der Waals surface area (Å²) in [4.78, 5) is 0. The topological polar surface area (TPSA) is 20.2 Å². The van der Waals surface area contributed by atoms with Gasteiger partial charge >= 0.3 is 0 Å². The molecule has 0 rings (SSSR count). The molecule has 0 heterocycles. The summed E-state index contributed by atoms with van der Waals surface area (Å²) in [5, 5.41) is 8.78. The van der Waals surface area contributed by atoms with Crippen molar-refractivity contribution in [3.8, 4) is 0 Å². The molecule has 0 radical (unpaired) electrons. The van der Waals surface area contributed by atoms with E-state index >= 15 is 0 Å². The molecule has 1 nitrogen and oxygen atoms in total. The van der Waals surface area contributed by atoms with Gasteiger partial charge in [0.25, 0.3) is 0 Å². The molecule has 0 saturated carbocycles. The minimum atomic E-state index is 0.296. The lowest BCUT2D eigenvalue weighted by molar-refractivity contribution is 0.289. The quantitative estimate of drug-likeness (QED) is 0.306. The SMILES string of the molecule is CC(C)=CCC/C(C)=C/CC/C(C)=C/CCC(C)=CCCCO. The summed E-state index contributed by atoms with van der Waals surface area (Å²) >= 11 is 0. The fourth-order valence-corrected chi connectivity index (χ4v) is 2.43. The minimum Gasteiger partial charge on any atom is -0.396 e. The molecule has 0 amide bonds. The molecular formula is C22H38O. The molecular weight excluding hydrogens is 280 g/mol. The molecule has 0 saturated heterocycles. The molecule has 0 aromatic heterocycles. The third kappa shape index (κ3) is 15.6. The molecule has 1 N–H and O–H groups in total. The molecule has 0 aliphatic heterocycles. The number of hydrogen-bond donors (Lipinski definition) is 1. The van der Waals surface area contributed by atoms with Crippen LogP contribution in [-0.4, -0.2) is 11.7 Å². The van der Waals surface area contributed by atoms with E-state index in [4.69, 9.17) is 5.11 Å². The van der Waals surface area contributed by atoms with Gasteiger partial charge in [-0.05, 0) is 86.0 Å². The highest BCUT2D eigenvalue weighted by Gasteiger charge is 1.93. The van der Waals surface area contributed by atoms with Gasteiger partial charge in [-0.3, -0.25) is 0 Å². The normalized spacial score (nSPS) is 13.4. The van der Waals surface area contributed by atoms with Crippen molar-refractivity contribution in [2.45, 2.75) is 86.0 Å². The summed E-state index contributed by atoms with van der Waals surface area (Å²) in [6, 6.07) is 0. The molecule has 0 unspecified atom stereocenters. The van der Waals surface area contributed by atoms with E-state index in [-0.39, 0.29) is 0 Å². The van der Waals surface area contributed by atoms with E-state index in [1.807, 2.05) is 0 Å². The molecule has 0 aromatic rings. The number of aliphatic hydroxyl groups excluding tert-OH is 1. The second-order valence-electron chi connectivity index (χ2n) is 6.91. The van der Waals surface area contributed by atoms with Crippen molar-refractivity contribution < 1.29 is 5.11 Å². The first kappa shape index (κ1) is 21.9. The Balaban J connectivity index is 3.93. The van der Waals surface area contributed by atoms with E-state index in [9.17, 15) is 0 Å². The third-order valence-electron chi connectivity index (χ3n) is 4.01. The van der Waals surface area contributed by atoms with E-state index in [0.717, 1.165) is 32.1 Å². The van der Waals surface area contributed by atoms with Gasteiger partial charge in [-0.15, -0.1) is 0 Å². The lowest BCUT2D eigenvalue weighted by Crippen LogP contribution is -1.83. The van der Waals surface area contributed by atoms with Crippen molar-refractivity contribution in [3.05, 3.63) is 46.6 Å². The summed E-state index contributed by atoms with van der Waals surface area (Å²) in [7, 11) is 0. The van der Waals surface area contributed by atoms with Gasteiger partial charge in [0.2, 0.25) is 0 Å². The van der Waals surface area contributed by atoms with Crippen LogP contribution in [0.25, 0.3) is 0 Å². The van der Waals surface area contributed by atoms with Crippen LogP contribution < -0.4 is 0 Å². The Morgan fingerprint density at radius 1 is 0.609 bits per heavy atom. The first-order valence-corrected chi connectivity index (χ1v) is 9.16. The highest BCUT2D eigenvalue weighted by atomic mass is 16.2. The summed E-state index contributed by atoms with van der Waals surface area (Å²) in [5.41, 5.74) is 5.87. The van der Waals surface area contributed by atoms with Crippen molar-refractivity contribution in [3.63, 3.8) is 0 Å². The lowest BCUT2D eigenvalue weighted by atomic mass is 10.0. The average molecular weight is 319 g/mol. The smallest absolute Gasteiger partial charge is 0.0433 e. The predicted octanol–water partition coefficient (Wildman–Crippen LogP) is 6.90. The molecule has 0 atom stereocenters. The maximum Gasteiger partial charge on any atom is 0.0433 e. The van der Waals surface area contributed by atoms with E-state index in [1.54, 1.807) is 0 Å². The van der Waals surface area contributed by atoms with Crippen LogP contribution in [0.2, 0.25) is 0 Å². The minimum absolute atomic E-state index is 0.296. The van der Waals surface area contributed by atoms with Crippen LogP contribution in [0.15, 0.2) is 46.6 Å². The largest absolute Gasteiger partial charge is 0.396 e. The van der Waals surface area contributed by atoms with Crippen LogP contribution in [0, 0.1) is 0 Å². The van der Waals surface area contributed by atoms with Gasteiger partial charge in [0.15, 0.2) is 0 Å². The van der Waals surface area contributed by atoms with E-state index < -0.39 is 0 Å². The summed E-state index contributed by atoms with van der Waals surface area (Å²) in [6.45, 7) is 11.3. The second-order valence-corrected chi connectivity index (χ2v) is 6.91. The second kappa shape index (κ2) is 14.5. The third-order valence-corrected chi connectivity index (χ3v) is 4.01. The van der Waals surface area contributed by atoms with E-state index in [0.29, 0.717) is 6.61 Å². The number of aliphatic hydroxyl groups is 1. The van der Waals surface area contributed by atoms with Gasteiger partial charge in [-0.1, -0.05) is 46.6 Å². The van der Waals surface area contributed by atoms with Crippen molar-refractivity contribution in [2.24, 2.45) is 0 Å². The van der Waals surface area contributed by atoms with Crippen LogP contribution in [0.5, 0.6) is 0 Å². The Hall–Kier alpha value is -1.08. The van der Waals surface area contributed by atoms with E-state index in [1.165, 1.54) is 41.6 Å². The molecule has 0 aromatic carbocycles. The van der Waals surface area contributed by atoms with Crippen LogP contribution in [-0.2, 0) is 0 Å². The molecule has 23 heavy (non-hydrogen) atoms. The fourth-order valence-electron chi connectivity index (χ4n) is 2.43. The van der Waals surface area contributed by atoms with Crippen LogP contribution >= 0.6 is 0 Å². The molecule has 0 aliphatic rings. The van der Waals surface area contributed by atoms with Gasteiger partial charge in [0.05, 0.1) is 0 Å². The number of rotatable bonds is 12. The molecule has 0 spiro atoms. The number of allylic oxidation sites excluding steroid dienone is 8. The van der Waals surface area contributed by atoms with Crippen LogP contribution in [0.1, 0.15) is 86.0 Å². The summed E-state index contributed by atoms with van der Waals surface area (Å²) in [5.74, 6) is 0. The summed E-state index contributed by atoms with van der Waals surface area (Å²) in [6.07, 6.45) is 18.2. The van der Waals surface area contributed by atoms with Gasteiger partial charge in [0, 0.05) is 6.61 Å². The zero-order valence-corrected chi connectivity index (χ0v) is 16.1. The standard InChI is InChI=1S/C22H38O/c1-19(2)11-8-13-21(4)15-10-17-22(5)16-9-14-20(3)12-6-7-18-23/h11-12,15-16,23H,6-10,13-14,17-18H2,1-5H3/b20-12?,21-15+,22-16+. The summed E-state index contributed by atoms with van der Waals surface area (Å²) < 4.78 is 0. The Morgan fingerprint density at radius 2 is 1.00 bits per heavy atom. The highest BCUT2D eigenvalue weighted by molar-refractivity contribution is 5.07. The average Bonchev–Trinajstić information content (AvgIpc) is 2.47. The fraction of sp³-hybridized carbons (Fsp3) is 0.636. The molecule has 0 bridgehead atoms. The first-order chi connectivity index (χ1) is 11.0. The van der Waals surface area contributed by atoms with Crippen molar-refractivity contribution in [1.82, 2.24) is 0 Å². The molecule has 1 heteroatoms. The predicted molar refractivity (Wildman–Crippen MR) is 105 cm³/mol. The van der Waals surface area contributed by atoms with Gasteiger partial charge < -0.3 is 5.11 Å².